The van der Waals surface area contributed by atoms with Crippen molar-refractivity contribution in [3.8, 4) is 17.2 Å². The smallest absolute Gasteiger partial charge is 0.261 e. The molecule has 0 spiro atoms. The maximum Gasteiger partial charge on any atom is 0.261 e. The average molecular weight is 392 g/mol. The van der Waals surface area contributed by atoms with Crippen LogP contribution in [-0.4, -0.2) is 25.2 Å². The molecule has 27 heavy (non-hydrogen) atoms. The van der Waals surface area contributed by atoms with Gasteiger partial charge in [-0.25, -0.2) is 0 Å². The maximum absolute atomic E-state index is 12.5. The SMILES string of the molecule is CC[C@@H](Oc1cccc(Cl)c1)C(=O)NCc1ccc(OC(C)C)c(OC)c1. The van der Waals surface area contributed by atoms with E-state index in [2.05, 4.69) is 5.32 Å². The summed E-state index contributed by atoms with van der Waals surface area (Å²) in [5, 5.41) is 3.47. The third-order valence-electron chi connectivity index (χ3n) is 3.80. The zero-order valence-corrected chi connectivity index (χ0v) is 16.9. The molecule has 2 rings (SSSR count). The number of methoxy groups -OCH3 is 1. The highest BCUT2D eigenvalue weighted by atomic mass is 35.5. The van der Waals surface area contributed by atoms with Gasteiger partial charge in [0.15, 0.2) is 17.6 Å². The summed E-state index contributed by atoms with van der Waals surface area (Å²) in [6.45, 7) is 6.18. The molecule has 5 nitrogen and oxygen atoms in total. The Morgan fingerprint density at radius 3 is 2.52 bits per heavy atom. The zero-order valence-electron chi connectivity index (χ0n) is 16.1. The van der Waals surface area contributed by atoms with Gasteiger partial charge in [0.25, 0.3) is 5.91 Å². The fraction of sp³-hybridized carbons (Fsp3) is 0.381. The molecule has 6 heteroatoms. The van der Waals surface area contributed by atoms with Crippen molar-refractivity contribution in [2.75, 3.05) is 7.11 Å². The van der Waals surface area contributed by atoms with Crippen LogP contribution in [-0.2, 0) is 11.3 Å². The molecule has 0 aromatic heterocycles. The Kier molecular flexibility index (Phi) is 7.80. The van der Waals surface area contributed by atoms with Gasteiger partial charge >= 0.3 is 0 Å². The number of nitrogens with one attached hydrogen (secondary N) is 1. The van der Waals surface area contributed by atoms with Gasteiger partial charge in [0.05, 0.1) is 13.2 Å². The van der Waals surface area contributed by atoms with Gasteiger partial charge in [0, 0.05) is 11.6 Å². The van der Waals surface area contributed by atoms with Gasteiger partial charge in [0.1, 0.15) is 5.75 Å². The monoisotopic (exact) mass is 391 g/mol. The number of hydrogen-bond donors (Lipinski definition) is 1. The summed E-state index contributed by atoms with van der Waals surface area (Å²) in [6.07, 6.45) is 0.00958. The van der Waals surface area contributed by atoms with E-state index in [0.717, 1.165) is 5.56 Å². The van der Waals surface area contributed by atoms with Crippen molar-refractivity contribution in [3.63, 3.8) is 0 Å². The molecule has 0 aliphatic rings. The molecule has 0 saturated carbocycles. The minimum Gasteiger partial charge on any atom is -0.493 e. The standard InChI is InChI=1S/C21H26ClNO4/c1-5-18(27-17-8-6-7-16(22)12-17)21(24)23-13-15-9-10-19(26-14(2)3)20(11-15)25-4/h6-12,14,18H,5,13H2,1-4H3,(H,23,24)/t18-/m1/s1. The van der Waals surface area contributed by atoms with Gasteiger partial charge in [-0.15, -0.1) is 0 Å². The van der Waals surface area contributed by atoms with Crippen molar-refractivity contribution in [3.05, 3.63) is 53.1 Å². The van der Waals surface area contributed by atoms with Crippen LogP contribution in [0.1, 0.15) is 32.8 Å². The molecule has 0 heterocycles. The summed E-state index contributed by atoms with van der Waals surface area (Å²) in [5.74, 6) is 1.70. The number of amides is 1. The Hall–Kier alpha value is -2.40. The molecule has 0 unspecified atom stereocenters. The van der Waals surface area contributed by atoms with Crippen LogP contribution in [0.25, 0.3) is 0 Å². The van der Waals surface area contributed by atoms with E-state index in [9.17, 15) is 4.79 Å². The van der Waals surface area contributed by atoms with Crippen molar-refractivity contribution in [2.24, 2.45) is 0 Å². The molecule has 2 aromatic rings. The molecular weight excluding hydrogens is 366 g/mol. The summed E-state index contributed by atoms with van der Waals surface area (Å²) < 4.78 is 16.8. The predicted molar refractivity (Wildman–Crippen MR) is 107 cm³/mol. The van der Waals surface area contributed by atoms with Crippen molar-refractivity contribution in [1.29, 1.82) is 0 Å². The minimum atomic E-state index is -0.589. The van der Waals surface area contributed by atoms with Gasteiger partial charge in [-0.2, -0.15) is 0 Å². The molecule has 0 saturated heterocycles. The first-order valence-electron chi connectivity index (χ1n) is 8.96. The first kappa shape index (κ1) is 20.9. The number of carbonyl (C=O) groups excluding carboxylic acids is 1. The first-order chi connectivity index (χ1) is 12.9. The molecular formula is C21H26ClNO4. The Morgan fingerprint density at radius 2 is 1.89 bits per heavy atom. The van der Waals surface area contributed by atoms with Gasteiger partial charge < -0.3 is 19.5 Å². The van der Waals surface area contributed by atoms with Crippen LogP contribution >= 0.6 is 11.6 Å². The van der Waals surface area contributed by atoms with Crippen molar-refractivity contribution < 1.29 is 19.0 Å². The van der Waals surface area contributed by atoms with Crippen LogP contribution in [0.15, 0.2) is 42.5 Å². The largest absolute Gasteiger partial charge is 0.493 e. The second-order valence-electron chi connectivity index (χ2n) is 6.34. The normalized spacial score (nSPS) is 11.8. The summed E-state index contributed by atoms with van der Waals surface area (Å²) >= 11 is 5.96. The number of halogens is 1. The summed E-state index contributed by atoms with van der Waals surface area (Å²) in [4.78, 5) is 12.5. The van der Waals surface area contributed by atoms with E-state index in [-0.39, 0.29) is 12.0 Å². The van der Waals surface area contributed by atoms with Gasteiger partial charge in [-0.3, -0.25) is 4.79 Å². The number of ether oxygens (including phenoxy) is 3. The average Bonchev–Trinajstić information content (AvgIpc) is 2.64. The maximum atomic E-state index is 12.5. The number of benzene rings is 2. The van der Waals surface area contributed by atoms with Crippen molar-refractivity contribution in [2.45, 2.75) is 45.9 Å². The molecule has 1 N–H and O–H groups in total. The number of rotatable bonds is 9. The summed E-state index contributed by atoms with van der Waals surface area (Å²) in [6, 6.07) is 12.6. The van der Waals surface area contributed by atoms with Crippen molar-refractivity contribution in [1.82, 2.24) is 5.32 Å². The first-order valence-corrected chi connectivity index (χ1v) is 9.34. The third-order valence-corrected chi connectivity index (χ3v) is 4.03. The van der Waals surface area contributed by atoms with E-state index in [1.165, 1.54) is 0 Å². The van der Waals surface area contributed by atoms with Crippen LogP contribution < -0.4 is 19.5 Å². The fourth-order valence-electron chi connectivity index (χ4n) is 2.50. The Bertz CT molecular complexity index is 764. The Balaban J connectivity index is 1.98. The van der Waals surface area contributed by atoms with E-state index >= 15 is 0 Å². The van der Waals surface area contributed by atoms with Crippen LogP contribution in [0.4, 0.5) is 0 Å². The Morgan fingerprint density at radius 1 is 1.11 bits per heavy atom. The van der Waals surface area contributed by atoms with Crippen LogP contribution in [0.3, 0.4) is 0 Å². The van der Waals surface area contributed by atoms with E-state index in [0.29, 0.717) is 35.2 Å². The Labute approximate surface area is 165 Å². The topological polar surface area (TPSA) is 56.8 Å². The molecule has 1 atom stereocenters. The lowest BCUT2D eigenvalue weighted by Gasteiger charge is -2.18. The molecule has 0 fully saturated rings. The van der Waals surface area contributed by atoms with Crippen LogP contribution in [0, 0.1) is 0 Å². The molecule has 1 amide bonds. The van der Waals surface area contributed by atoms with Crippen LogP contribution in [0.2, 0.25) is 5.02 Å². The van der Waals surface area contributed by atoms with Gasteiger partial charge in [-0.05, 0) is 56.2 Å². The highest BCUT2D eigenvalue weighted by Gasteiger charge is 2.18. The molecule has 146 valence electrons. The third kappa shape index (κ3) is 6.36. The van der Waals surface area contributed by atoms with E-state index < -0.39 is 6.10 Å². The summed E-state index contributed by atoms with van der Waals surface area (Å²) in [5.41, 5.74) is 0.911. The lowest BCUT2D eigenvalue weighted by molar-refractivity contribution is -0.128. The van der Waals surface area contributed by atoms with E-state index in [1.807, 2.05) is 39.0 Å². The second kappa shape index (κ2) is 10.1. The highest BCUT2D eigenvalue weighted by molar-refractivity contribution is 6.30. The molecule has 0 bridgehead atoms. The number of carbonyl (C=O) groups is 1. The van der Waals surface area contributed by atoms with Gasteiger partial charge in [-0.1, -0.05) is 30.7 Å². The number of hydrogen-bond acceptors (Lipinski definition) is 4. The van der Waals surface area contributed by atoms with E-state index in [4.69, 9.17) is 25.8 Å². The molecule has 0 aliphatic carbocycles. The van der Waals surface area contributed by atoms with E-state index in [1.54, 1.807) is 31.4 Å². The van der Waals surface area contributed by atoms with Crippen LogP contribution in [0.5, 0.6) is 17.2 Å². The lowest BCUT2D eigenvalue weighted by atomic mass is 10.2. The predicted octanol–water partition coefficient (Wildman–Crippen LogP) is 4.61. The highest BCUT2D eigenvalue weighted by Crippen LogP contribution is 2.29. The second-order valence-corrected chi connectivity index (χ2v) is 6.78. The summed E-state index contributed by atoms with van der Waals surface area (Å²) in [7, 11) is 1.59. The molecule has 0 aliphatic heterocycles. The van der Waals surface area contributed by atoms with Crippen molar-refractivity contribution >= 4 is 17.5 Å². The fourth-order valence-corrected chi connectivity index (χ4v) is 2.68. The zero-order chi connectivity index (χ0) is 19.8. The molecule has 2 aromatic carbocycles. The lowest BCUT2D eigenvalue weighted by Crippen LogP contribution is -2.37. The van der Waals surface area contributed by atoms with Gasteiger partial charge in [0.2, 0.25) is 0 Å². The molecule has 0 radical (unpaired) electrons. The quantitative estimate of drug-likeness (QED) is 0.678. The minimum absolute atomic E-state index is 0.0541.